The third-order valence-corrected chi connectivity index (χ3v) is 3.97. The van der Waals surface area contributed by atoms with Gasteiger partial charge in [-0.05, 0) is 35.9 Å². The molecule has 0 aliphatic carbocycles. The summed E-state index contributed by atoms with van der Waals surface area (Å²) in [5.41, 5.74) is 4.24. The Balaban J connectivity index is 1.68. The van der Waals surface area contributed by atoms with Crippen molar-refractivity contribution in [3.63, 3.8) is 0 Å². The summed E-state index contributed by atoms with van der Waals surface area (Å²) in [7, 11) is 1.53. The first-order chi connectivity index (χ1) is 13.7. The van der Waals surface area contributed by atoms with E-state index in [0.717, 1.165) is 5.56 Å². The van der Waals surface area contributed by atoms with E-state index in [0.29, 0.717) is 29.2 Å². The Morgan fingerprint density at radius 2 is 1.82 bits per heavy atom. The number of nitrogens with zero attached hydrogens (tertiary/aromatic N) is 1. The van der Waals surface area contributed by atoms with Crippen LogP contribution in [0.25, 0.3) is 0 Å². The highest BCUT2D eigenvalue weighted by Crippen LogP contribution is 2.21. The second-order valence-corrected chi connectivity index (χ2v) is 5.89. The number of methoxy groups -OCH3 is 1. The second-order valence-electron chi connectivity index (χ2n) is 5.89. The van der Waals surface area contributed by atoms with Crippen molar-refractivity contribution in [1.82, 2.24) is 5.43 Å². The molecule has 0 saturated carbocycles. The molecule has 3 aromatic carbocycles. The van der Waals surface area contributed by atoms with Gasteiger partial charge in [0.15, 0.2) is 0 Å². The molecule has 0 aliphatic rings. The summed E-state index contributed by atoms with van der Waals surface area (Å²) >= 11 is 0. The number of hydrogen-bond acceptors (Lipinski definition) is 5. The minimum atomic E-state index is -0.415. The smallest absolute Gasteiger partial charge is 0.275 e. The maximum absolute atomic E-state index is 12.5. The average Bonchev–Trinajstić information content (AvgIpc) is 2.74. The van der Waals surface area contributed by atoms with Crippen LogP contribution in [0.5, 0.6) is 17.2 Å². The van der Waals surface area contributed by atoms with Crippen LogP contribution in [-0.2, 0) is 6.61 Å². The number of benzene rings is 3. The lowest BCUT2D eigenvalue weighted by molar-refractivity contribution is 0.0950. The summed E-state index contributed by atoms with van der Waals surface area (Å²) < 4.78 is 10.9. The number of rotatable bonds is 7. The largest absolute Gasteiger partial charge is 0.507 e. The van der Waals surface area contributed by atoms with Crippen LogP contribution in [0.15, 0.2) is 77.9 Å². The van der Waals surface area contributed by atoms with E-state index in [4.69, 9.17) is 9.47 Å². The molecular formula is C22H20N2O4. The Hall–Kier alpha value is -3.80. The number of aromatic hydroxyl groups is 1. The quantitative estimate of drug-likeness (QED) is 0.486. The third-order valence-electron chi connectivity index (χ3n) is 3.97. The highest BCUT2D eigenvalue weighted by molar-refractivity contribution is 5.97. The molecule has 0 heterocycles. The Morgan fingerprint density at radius 1 is 1.07 bits per heavy atom. The normalized spacial score (nSPS) is 10.6. The van der Waals surface area contributed by atoms with Crippen LogP contribution in [0.2, 0.25) is 0 Å². The molecule has 0 aromatic heterocycles. The number of phenolic OH excluding ortho intramolecular Hbond substituents is 1. The van der Waals surface area contributed by atoms with E-state index in [-0.39, 0.29) is 5.75 Å². The van der Waals surface area contributed by atoms with Crippen LogP contribution < -0.4 is 14.9 Å². The van der Waals surface area contributed by atoms with Gasteiger partial charge in [-0.25, -0.2) is 5.43 Å². The van der Waals surface area contributed by atoms with Gasteiger partial charge < -0.3 is 14.6 Å². The minimum absolute atomic E-state index is 0.0328. The lowest BCUT2D eigenvalue weighted by Gasteiger charge is -2.10. The number of nitrogens with one attached hydrogen (secondary N) is 1. The molecule has 0 spiro atoms. The van der Waals surface area contributed by atoms with Gasteiger partial charge in [0.05, 0.1) is 18.9 Å². The predicted molar refractivity (Wildman–Crippen MR) is 107 cm³/mol. The number of para-hydroxylation sites is 1. The fourth-order valence-electron chi connectivity index (χ4n) is 2.50. The fourth-order valence-corrected chi connectivity index (χ4v) is 2.50. The van der Waals surface area contributed by atoms with Crippen molar-refractivity contribution in [2.24, 2.45) is 5.10 Å². The molecule has 6 nitrogen and oxygen atoms in total. The van der Waals surface area contributed by atoms with Gasteiger partial charge in [0.2, 0.25) is 0 Å². The molecule has 0 aliphatic heterocycles. The molecule has 0 fully saturated rings. The van der Waals surface area contributed by atoms with Gasteiger partial charge in [0, 0.05) is 5.56 Å². The Labute approximate surface area is 163 Å². The maximum Gasteiger partial charge on any atom is 0.275 e. The monoisotopic (exact) mass is 376 g/mol. The number of phenols is 1. The van der Waals surface area contributed by atoms with Crippen LogP contribution in [0.3, 0.4) is 0 Å². The second kappa shape index (κ2) is 9.23. The molecule has 2 N–H and O–H groups in total. The molecule has 0 unspecified atom stereocenters. The molecule has 0 atom stereocenters. The first-order valence-corrected chi connectivity index (χ1v) is 8.63. The van der Waals surface area contributed by atoms with Gasteiger partial charge >= 0.3 is 0 Å². The maximum atomic E-state index is 12.5. The average molecular weight is 376 g/mol. The standard InChI is InChI=1S/C22H20N2O4/c1-27-18-11-12-20(25)17(13-18)14-23-24-22(26)19-9-5-6-10-21(19)28-15-16-7-3-2-4-8-16/h2-14,25H,15H2,1H3,(H,24,26)/b23-14-. The summed E-state index contributed by atoms with van der Waals surface area (Å²) in [6.07, 6.45) is 1.35. The predicted octanol–water partition coefficient (Wildman–Crippen LogP) is 3.74. The number of hydrogen-bond donors (Lipinski definition) is 2. The van der Waals surface area contributed by atoms with E-state index in [1.807, 2.05) is 30.3 Å². The van der Waals surface area contributed by atoms with Gasteiger partial charge in [0.1, 0.15) is 23.9 Å². The van der Waals surface area contributed by atoms with Gasteiger partial charge in [-0.3, -0.25) is 4.79 Å². The molecule has 0 bridgehead atoms. The molecule has 142 valence electrons. The van der Waals surface area contributed by atoms with Crippen molar-refractivity contribution in [3.05, 3.63) is 89.5 Å². The number of hydrazone groups is 1. The number of carbonyl (C=O) groups excluding carboxylic acids is 1. The van der Waals surface area contributed by atoms with Crippen molar-refractivity contribution < 1.29 is 19.4 Å². The van der Waals surface area contributed by atoms with Gasteiger partial charge in [0.25, 0.3) is 5.91 Å². The van der Waals surface area contributed by atoms with Gasteiger partial charge in [-0.1, -0.05) is 42.5 Å². The van der Waals surface area contributed by atoms with Crippen molar-refractivity contribution in [3.8, 4) is 17.2 Å². The van der Waals surface area contributed by atoms with Gasteiger partial charge in [-0.15, -0.1) is 0 Å². The summed E-state index contributed by atoms with van der Waals surface area (Å²) in [6, 6.07) is 21.4. The minimum Gasteiger partial charge on any atom is -0.507 e. The molecular weight excluding hydrogens is 356 g/mol. The summed E-state index contributed by atoms with van der Waals surface area (Å²) in [5, 5.41) is 13.8. The van der Waals surface area contributed by atoms with E-state index >= 15 is 0 Å². The van der Waals surface area contributed by atoms with Crippen molar-refractivity contribution in [2.75, 3.05) is 7.11 Å². The molecule has 3 rings (SSSR count). The van der Waals surface area contributed by atoms with Crippen LogP contribution in [0.1, 0.15) is 21.5 Å². The fraction of sp³-hybridized carbons (Fsp3) is 0.0909. The van der Waals surface area contributed by atoms with Crippen molar-refractivity contribution in [2.45, 2.75) is 6.61 Å². The van der Waals surface area contributed by atoms with Crippen molar-refractivity contribution >= 4 is 12.1 Å². The third kappa shape index (κ3) is 4.88. The topological polar surface area (TPSA) is 80.2 Å². The van der Waals surface area contributed by atoms with E-state index in [1.165, 1.54) is 19.4 Å². The van der Waals surface area contributed by atoms with Crippen molar-refractivity contribution in [1.29, 1.82) is 0 Å². The van der Waals surface area contributed by atoms with Crippen LogP contribution in [0.4, 0.5) is 0 Å². The highest BCUT2D eigenvalue weighted by Gasteiger charge is 2.11. The Kier molecular flexibility index (Phi) is 6.25. The molecule has 3 aromatic rings. The van der Waals surface area contributed by atoms with E-state index in [9.17, 15) is 9.90 Å². The number of ether oxygens (including phenoxy) is 2. The van der Waals surface area contributed by atoms with E-state index in [2.05, 4.69) is 10.5 Å². The van der Waals surface area contributed by atoms with Crippen LogP contribution in [0, 0.1) is 0 Å². The zero-order valence-electron chi connectivity index (χ0n) is 15.3. The van der Waals surface area contributed by atoms with E-state index in [1.54, 1.807) is 36.4 Å². The molecule has 0 radical (unpaired) electrons. The molecule has 0 saturated heterocycles. The first-order valence-electron chi connectivity index (χ1n) is 8.63. The Bertz CT molecular complexity index is 971. The zero-order valence-corrected chi connectivity index (χ0v) is 15.3. The summed E-state index contributed by atoms with van der Waals surface area (Å²) in [5.74, 6) is 0.654. The van der Waals surface area contributed by atoms with Crippen LogP contribution in [-0.4, -0.2) is 24.3 Å². The van der Waals surface area contributed by atoms with Crippen LogP contribution >= 0.6 is 0 Å². The number of carbonyl (C=O) groups is 1. The zero-order chi connectivity index (χ0) is 19.8. The van der Waals surface area contributed by atoms with E-state index < -0.39 is 5.91 Å². The first kappa shape index (κ1) is 19.0. The molecule has 28 heavy (non-hydrogen) atoms. The Morgan fingerprint density at radius 3 is 2.61 bits per heavy atom. The molecule has 1 amide bonds. The molecule has 6 heteroatoms. The number of amides is 1. The lowest BCUT2D eigenvalue weighted by atomic mass is 10.2. The lowest BCUT2D eigenvalue weighted by Crippen LogP contribution is -2.18. The highest BCUT2D eigenvalue weighted by atomic mass is 16.5. The summed E-state index contributed by atoms with van der Waals surface area (Å²) in [6.45, 7) is 0.353. The SMILES string of the molecule is COc1ccc(O)c(/C=N\NC(=O)c2ccccc2OCc2ccccc2)c1. The van der Waals surface area contributed by atoms with Gasteiger partial charge in [-0.2, -0.15) is 5.10 Å². The summed E-state index contributed by atoms with van der Waals surface area (Å²) in [4.78, 5) is 12.5.